The van der Waals surface area contributed by atoms with Crippen LogP contribution in [-0.4, -0.2) is 16.1 Å². The summed E-state index contributed by atoms with van der Waals surface area (Å²) in [6.45, 7) is 1.86. The predicted molar refractivity (Wildman–Crippen MR) is 45.7 cm³/mol. The summed E-state index contributed by atoms with van der Waals surface area (Å²) in [4.78, 5) is 14.9. The van der Waals surface area contributed by atoms with Gasteiger partial charge in [-0.15, -0.1) is 0 Å². The Morgan fingerprint density at radius 3 is 2.93 bits per heavy atom. The molecule has 1 N–H and O–H groups in total. The third kappa shape index (κ3) is 1.44. The maximum atomic E-state index is 10.8. The first-order valence-electron chi connectivity index (χ1n) is 4.14. The van der Waals surface area contributed by atoms with E-state index in [0.717, 1.165) is 5.69 Å². The minimum Gasteiger partial charge on any atom is -0.478 e. The van der Waals surface area contributed by atoms with E-state index in [-0.39, 0.29) is 12.4 Å². The number of ether oxygens (including phenoxy) is 1. The zero-order valence-corrected chi connectivity index (χ0v) is 7.60. The molecule has 0 saturated carbocycles. The monoisotopic (exact) mass is 193 g/mol. The summed E-state index contributed by atoms with van der Waals surface area (Å²) in [6, 6.07) is 1.78. The standard InChI is InChI=1S/C9H8N2O3/c1-6-2-3-11(5-10-6)7-4-8(12)14-9(7)13/h2-3,5H,4H2,1H3/p+1. The van der Waals surface area contributed by atoms with Gasteiger partial charge in [0, 0.05) is 13.0 Å². The normalized spacial score (nSPS) is 15.9. The largest absolute Gasteiger partial charge is 0.478 e. The zero-order valence-electron chi connectivity index (χ0n) is 7.60. The minimum atomic E-state index is -0.453. The van der Waals surface area contributed by atoms with Gasteiger partial charge in [0.15, 0.2) is 5.69 Å². The van der Waals surface area contributed by atoms with Crippen LogP contribution >= 0.6 is 0 Å². The van der Waals surface area contributed by atoms with E-state index in [1.54, 1.807) is 16.8 Å². The zero-order chi connectivity index (χ0) is 10.1. The fraction of sp³-hybridized carbons (Fsp3) is 0.222. The highest BCUT2D eigenvalue weighted by Gasteiger charge is 2.28. The molecule has 0 bridgehead atoms. The smallest absolute Gasteiger partial charge is 0.330 e. The van der Waals surface area contributed by atoms with Gasteiger partial charge in [-0.1, -0.05) is 4.98 Å². The lowest BCUT2D eigenvalue weighted by atomic mass is 10.3. The number of hydrogen-bond acceptors (Lipinski definition) is 4. The van der Waals surface area contributed by atoms with Crippen molar-refractivity contribution in [3.63, 3.8) is 0 Å². The number of carbonyl (C=O) groups is 1. The number of carbonyl (C=O) groups excluding carboxylic acids is 1. The van der Waals surface area contributed by atoms with Gasteiger partial charge in [-0.05, 0) is 0 Å². The molecule has 0 atom stereocenters. The van der Waals surface area contributed by atoms with Gasteiger partial charge in [-0.2, -0.15) is 4.57 Å². The van der Waals surface area contributed by atoms with Crippen LogP contribution in [0.5, 0.6) is 0 Å². The number of aromatic nitrogens is 2. The van der Waals surface area contributed by atoms with Crippen molar-refractivity contribution in [1.29, 1.82) is 0 Å². The van der Waals surface area contributed by atoms with E-state index in [1.165, 1.54) is 6.33 Å². The topological polar surface area (TPSA) is 63.3 Å². The van der Waals surface area contributed by atoms with Gasteiger partial charge in [-0.3, -0.25) is 4.79 Å². The number of cyclic esters (lactones) is 1. The molecule has 0 aliphatic carbocycles. The predicted octanol–water partition coefficient (Wildman–Crippen LogP) is 0.309. The second-order valence-corrected chi connectivity index (χ2v) is 3.01. The van der Waals surface area contributed by atoms with Crippen molar-refractivity contribution in [2.45, 2.75) is 13.3 Å². The number of aryl methyl sites for hydroxylation is 1. The van der Waals surface area contributed by atoms with Crippen molar-refractivity contribution in [2.75, 3.05) is 0 Å². The van der Waals surface area contributed by atoms with E-state index in [1.807, 2.05) is 6.92 Å². The summed E-state index contributed by atoms with van der Waals surface area (Å²) in [7, 11) is 0. The molecular weight excluding hydrogens is 184 g/mol. The van der Waals surface area contributed by atoms with Crippen molar-refractivity contribution in [1.82, 2.24) is 4.98 Å². The molecule has 0 fully saturated rings. The van der Waals surface area contributed by atoms with Crippen LogP contribution in [0.25, 0.3) is 5.70 Å². The van der Waals surface area contributed by atoms with E-state index < -0.39 is 5.97 Å². The fourth-order valence-electron chi connectivity index (χ4n) is 1.20. The lowest BCUT2D eigenvalue weighted by Crippen LogP contribution is -2.32. The first kappa shape index (κ1) is 8.68. The Labute approximate surface area is 80.3 Å². The quantitative estimate of drug-likeness (QED) is 0.515. The van der Waals surface area contributed by atoms with Crippen molar-refractivity contribution >= 4 is 11.7 Å². The Hall–Kier alpha value is -1.91. The Morgan fingerprint density at radius 1 is 1.64 bits per heavy atom. The van der Waals surface area contributed by atoms with E-state index in [2.05, 4.69) is 9.72 Å². The van der Waals surface area contributed by atoms with E-state index in [0.29, 0.717) is 5.70 Å². The number of rotatable bonds is 1. The Balaban J connectivity index is 2.36. The maximum Gasteiger partial charge on any atom is 0.330 e. The summed E-state index contributed by atoms with van der Waals surface area (Å²) in [5.74, 6) is -0.795. The summed E-state index contributed by atoms with van der Waals surface area (Å²) in [5, 5.41) is 9.27. The van der Waals surface area contributed by atoms with E-state index in [4.69, 9.17) is 0 Å². The van der Waals surface area contributed by atoms with E-state index in [9.17, 15) is 9.90 Å². The van der Waals surface area contributed by atoms with Crippen LogP contribution in [0, 0.1) is 6.92 Å². The third-order valence-electron chi connectivity index (χ3n) is 1.94. The number of aliphatic hydroxyl groups excluding tert-OH is 1. The molecular formula is C9H9N2O3+. The highest BCUT2D eigenvalue weighted by Crippen LogP contribution is 2.16. The van der Waals surface area contributed by atoms with Crippen molar-refractivity contribution in [2.24, 2.45) is 0 Å². The molecule has 1 aliphatic rings. The molecule has 2 rings (SSSR count). The van der Waals surface area contributed by atoms with Crippen molar-refractivity contribution < 1.29 is 19.2 Å². The molecule has 0 unspecified atom stereocenters. The first-order valence-corrected chi connectivity index (χ1v) is 4.14. The number of hydrogen-bond donors (Lipinski definition) is 1. The van der Waals surface area contributed by atoms with Crippen LogP contribution in [-0.2, 0) is 9.53 Å². The highest BCUT2D eigenvalue weighted by molar-refractivity contribution is 5.82. The van der Waals surface area contributed by atoms with Crippen LogP contribution in [0.1, 0.15) is 12.1 Å². The number of aliphatic hydroxyl groups is 1. The molecule has 0 saturated heterocycles. The fourth-order valence-corrected chi connectivity index (χ4v) is 1.20. The van der Waals surface area contributed by atoms with Crippen molar-refractivity contribution in [3.05, 3.63) is 30.2 Å². The molecule has 14 heavy (non-hydrogen) atoms. The molecule has 5 nitrogen and oxygen atoms in total. The minimum absolute atomic E-state index is 0.0707. The molecule has 0 amide bonds. The number of nitrogens with zero attached hydrogens (tertiary/aromatic N) is 2. The molecule has 0 radical (unpaired) electrons. The summed E-state index contributed by atoms with van der Waals surface area (Å²) in [6.07, 6.45) is 3.32. The van der Waals surface area contributed by atoms with Gasteiger partial charge >= 0.3 is 11.9 Å². The molecule has 1 aromatic heterocycles. The second-order valence-electron chi connectivity index (χ2n) is 3.01. The van der Waals surface area contributed by atoms with Crippen LogP contribution in [0.15, 0.2) is 24.5 Å². The molecule has 2 heterocycles. The molecule has 5 heteroatoms. The van der Waals surface area contributed by atoms with Gasteiger partial charge in [0.2, 0.25) is 5.70 Å². The SMILES string of the molecule is Cc1cc[n+](C2=C(O)OC(=O)C2)cn1. The highest BCUT2D eigenvalue weighted by atomic mass is 16.6. The molecule has 1 aromatic rings. The average molecular weight is 193 g/mol. The lowest BCUT2D eigenvalue weighted by molar-refractivity contribution is -0.587. The van der Waals surface area contributed by atoms with Gasteiger partial charge in [0.25, 0.3) is 6.33 Å². The second kappa shape index (κ2) is 3.10. The summed E-state index contributed by atoms with van der Waals surface area (Å²) < 4.78 is 6.07. The molecule has 1 aliphatic heterocycles. The van der Waals surface area contributed by atoms with Crippen LogP contribution < -0.4 is 4.57 Å². The number of esters is 1. The van der Waals surface area contributed by atoms with Crippen molar-refractivity contribution in [3.8, 4) is 0 Å². The van der Waals surface area contributed by atoms with E-state index >= 15 is 0 Å². The van der Waals surface area contributed by atoms with Gasteiger partial charge < -0.3 is 9.84 Å². The van der Waals surface area contributed by atoms with Gasteiger partial charge in [0.05, 0.1) is 0 Å². The Bertz CT molecular complexity index is 409. The average Bonchev–Trinajstić information content (AvgIpc) is 2.47. The van der Waals surface area contributed by atoms with Crippen LogP contribution in [0.2, 0.25) is 0 Å². The Kier molecular flexibility index (Phi) is 1.92. The molecule has 0 aromatic carbocycles. The summed E-state index contributed by atoms with van der Waals surface area (Å²) in [5.41, 5.74) is 1.29. The summed E-state index contributed by atoms with van der Waals surface area (Å²) >= 11 is 0. The first-order chi connectivity index (χ1) is 6.66. The molecule has 72 valence electrons. The van der Waals surface area contributed by atoms with Gasteiger partial charge in [0.1, 0.15) is 12.6 Å². The molecule has 0 spiro atoms. The van der Waals surface area contributed by atoms with Crippen LogP contribution in [0.3, 0.4) is 0 Å². The Morgan fingerprint density at radius 2 is 2.43 bits per heavy atom. The van der Waals surface area contributed by atoms with Crippen LogP contribution in [0.4, 0.5) is 0 Å². The lowest BCUT2D eigenvalue weighted by Gasteiger charge is -1.95. The van der Waals surface area contributed by atoms with Gasteiger partial charge in [-0.25, -0.2) is 0 Å². The third-order valence-corrected chi connectivity index (χ3v) is 1.94. The maximum absolute atomic E-state index is 10.8.